The lowest BCUT2D eigenvalue weighted by atomic mass is 10.2. The monoisotopic (exact) mass is 311 g/mol. The van der Waals surface area contributed by atoms with Crippen molar-refractivity contribution in [3.05, 3.63) is 70.3 Å². The quantitative estimate of drug-likeness (QED) is 0.931. The molecule has 0 aliphatic rings. The van der Waals surface area contributed by atoms with Crippen molar-refractivity contribution in [3.63, 3.8) is 0 Å². The molecule has 2 aromatic rings. The second-order valence-electron chi connectivity index (χ2n) is 3.98. The molecular formula is C14H11ClFNO2S. The van der Waals surface area contributed by atoms with Crippen molar-refractivity contribution in [1.29, 1.82) is 0 Å². The zero-order valence-electron chi connectivity index (χ0n) is 10.3. The van der Waals surface area contributed by atoms with Crippen LogP contribution in [0.15, 0.2) is 53.9 Å². The number of rotatable bonds is 4. The van der Waals surface area contributed by atoms with E-state index in [1.807, 2.05) is 6.07 Å². The van der Waals surface area contributed by atoms with Crippen LogP contribution in [-0.4, -0.2) is 8.42 Å². The van der Waals surface area contributed by atoms with Crippen LogP contribution in [-0.2, 0) is 10.0 Å². The van der Waals surface area contributed by atoms with Crippen molar-refractivity contribution < 1.29 is 12.8 Å². The number of hydrogen-bond donors (Lipinski definition) is 1. The van der Waals surface area contributed by atoms with E-state index in [1.54, 1.807) is 24.3 Å². The van der Waals surface area contributed by atoms with E-state index in [0.29, 0.717) is 0 Å². The highest BCUT2D eigenvalue weighted by Crippen LogP contribution is 2.20. The van der Waals surface area contributed by atoms with Crippen molar-refractivity contribution in [2.24, 2.45) is 0 Å². The molecule has 0 heterocycles. The van der Waals surface area contributed by atoms with Crippen molar-refractivity contribution in [2.45, 2.75) is 0 Å². The molecule has 0 saturated carbocycles. The normalized spacial score (nSPS) is 11.7. The minimum Gasteiger partial charge on any atom is -0.277 e. The molecular weight excluding hydrogens is 301 g/mol. The first-order valence-corrected chi connectivity index (χ1v) is 7.60. The van der Waals surface area contributed by atoms with Gasteiger partial charge in [-0.3, -0.25) is 4.72 Å². The zero-order chi connectivity index (χ0) is 14.6. The second-order valence-corrected chi connectivity index (χ2v) is 5.99. The molecule has 20 heavy (non-hydrogen) atoms. The fourth-order valence-electron chi connectivity index (χ4n) is 1.49. The standard InChI is InChI=1S/C14H11ClFNO2S/c15-12-6-7-14(13(16)10-12)17-20(18,19)9-8-11-4-2-1-3-5-11/h1-10,17H/b9-8+. The highest BCUT2D eigenvalue weighted by Gasteiger charge is 2.10. The van der Waals surface area contributed by atoms with Crippen LogP contribution in [0.5, 0.6) is 0 Å². The van der Waals surface area contributed by atoms with Gasteiger partial charge in [-0.05, 0) is 29.8 Å². The van der Waals surface area contributed by atoms with E-state index in [4.69, 9.17) is 11.6 Å². The van der Waals surface area contributed by atoms with Gasteiger partial charge < -0.3 is 0 Å². The molecule has 0 aliphatic carbocycles. The van der Waals surface area contributed by atoms with Crippen LogP contribution in [0.1, 0.15) is 5.56 Å². The number of anilines is 1. The van der Waals surface area contributed by atoms with Crippen LogP contribution in [0, 0.1) is 5.82 Å². The Hall–Kier alpha value is -1.85. The number of nitrogens with one attached hydrogen (secondary N) is 1. The molecule has 0 atom stereocenters. The molecule has 0 saturated heterocycles. The predicted molar refractivity (Wildman–Crippen MR) is 79.4 cm³/mol. The fraction of sp³-hybridized carbons (Fsp3) is 0. The van der Waals surface area contributed by atoms with Crippen molar-refractivity contribution in [2.75, 3.05) is 4.72 Å². The van der Waals surface area contributed by atoms with Gasteiger partial charge in [-0.25, -0.2) is 12.8 Å². The molecule has 2 aromatic carbocycles. The number of halogens is 2. The smallest absolute Gasteiger partial charge is 0.255 e. The van der Waals surface area contributed by atoms with E-state index in [9.17, 15) is 12.8 Å². The molecule has 0 radical (unpaired) electrons. The highest BCUT2D eigenvalue weighted by molar-refractivity contribution is 7.95. The molecule has 0 unspecified atom stereocenters. The van der Waals surface area contributed by atoms with Crippen molar-refractivity contribution in [1.82, 2.24) is 0 Å². The third kappa shape index (κ3) is 4.08. The van der Waals surface area contributed by atoms with Gasteiger partial charge in [-0.2, -0.15) is 0 Å². The van der Waals surface area contributed by atoms with Gasteiger partial charge in [-0.15, -0.1) is 0 Å². The summed E-state index contributed by atoms with van der Waals surface area (Å²) in [5.74, 6) is -0.728. The fourth-order valence-corrected chi connectivity index (χ4v) is 2.53. The summed E-state index contributed by atoms with van der Waals surface area (Å²) in [4.78, 5) is 0. The molecule has 2 rings (SSSR count). The van der Waals surface area contributed by atoms with Crippen molar-refractivity contribution in [3.8, 4) is 0 Å². The van der Waals surface area contributed by atoms with Crippen LogP contribution in [0.4, 0.5) is 10.1 Å². The summed E-state index contributed by atoms with van der Waals surface area (Å²) in [6.07, 6.45) is 1.43. The Bertz CT molecular complexity index is 730. The first-order valence-electron chi connectivity index (χ1n) is 5.67. The maximum Gasteiger partial charge on any atom is 0.255 e. The van der Waals surface area contributed by atoms with E-state index in [-0.39, 0.29) is 10.7 Å². The van der Waals surface area contributed by atoms with E-state index >= 15 is 0 Å². The van der Waals surface area contributed by atoms with Crippen LogP contribution in [0.25, 0.3) is 6.08 Å². The Morgan fingerprint density at radius 3 is 2.45 bits per heavy atom. The number of benzene rings is 2. The molecule has 104 valence electrons. The molecule has 0 aromatic heterocycles. The average Bonchev–Trinajstić information content (AvgIpc) is 2.41. The lowest BCUT2D eigenvalue weighted by Gasteiger charge is -2.05. The van der Waals surface area contributed by atoms with Gasteiger partial charge in [0.2, 0.25) is 0 Å². The minimum atomic E-state index is -3.78. The first-order chi connectivity index (χ1) is 9.46. The molecule has 6 heteroatoms. The predicted octanol–water partition coefficient (Wildman–Crippen LogP) is 3.89. The Kier molecular flexibility index (Phi) is 4.42. The largest absolute Gasteiger partial charge is 0.277 e. The number of hydrogen-bond acceptors (Lipinski definition) is 2. The Morgan fingerprint density at radius 1 is 1.10 bits per heavy atom. The Morgan fingerprint density at radius 2 is 1.80 bits per heavy atom. The Balaban J connectivity index is 2.17. The lowest BCUT2D eigenvalue weighted by Crippen LogP contribution is -2.10. The first kappa shape index (κ1) is 14.6. The van der Waals surface area contributed by atoms with Crippen LogP contribution in [0.3, 0.4) is 0 Å². The maximum absolute atomic E-state index is 13.5. The second kappa shape index (κ2) is 6.07. The number of sulfonamides is 1. The van der Waals surface area contributed by atoms with Gasteiger partial charge in [0.05, 0.1) is 11.1 Å². The minimum absolute atomic E-state index is 0.146. The van der Waals surface area contributed by atoms with E-state index < -0.39 is 15.8 Å². The van der Waals surface area contributed by atoms with Gasteiger partial charge >= 0.3 is 0 Å². The van der Waals surface area contributed by atoms with Crippen LogP contribution >= 0.6 is 11.6 Å². The van der Waals surface area contributed by atoms with Crippen LogP contribution in [0.2, 0.25) is 5.02 Å². The molecule has 0 aliphatic heterocycles. The van der Waals surface area contributed by atoms with E-state index in [2.05, 4.69) is 4.72 Å². The topological polar surface area (TPSA) is 46.2 Å². The summed E-state index contributed by atoms with van der Waals surface area (Å²) in [5, 5.41) is 1.18. The lowest BCUT2D eigenvalue weighted by molar-refractivity contribution is 0.606. The molecule has 1 N–H and O–H groups in total. The highest BCUT2D eigenvalue weighted by atomic mass is 35.5. The van der Waals surface area contributed by atoms with Crippen molar-refractivity contribution >= 4 is 33.4 Å². The molecule has 0 spiro atoms. The maximum atomic E-state index is 13.5. The van der Waals surface area contributed by atoms with E-state index in [0.717, 1.165) is 17.0 Å². The SMILES string of the molecule is O=S(=O)(/C=C/c1ccccc1)Nc1ccc(Cl)cc1F. The summed E-state index contributed by atoms with van der Waals surface area (Å²) in [7, 11) is -3.78. The zero-order valence-corrected chi connectivity index (χ0v) is 11.8. The summed E-state index contributed by atoms with van der Waals surface area (Å²) in [5.41, 5.74) is 0.585. The Labute approximate surface area is 121 Å². The summed E-state index contributed by atoms with van der Waals surface area (Å²) < 4.78 is 39.3. The third-order valence-electron chi connectivity index (χ3n) is 2.42. The van der Waals surface area contributed by atoms with Gasteiger partial charge in [-0.1, -0.05) is 41.9 Å². The van der Waals surface area contributed by atoms with Crippen LogP contribution < -0.4 is 4.72 Å². The van der Waals surface area contributed by atoms with Gasteiger partial charge in [0.25, 0.3) is 10.0 Å². The van der Waals surface area contributed by atoms with Gasteiger partial charge in [0.1, 0.15) is 5.82 Å². The molecule has 0 fully saturated rings. The van der Waals surface area contributed by atoms with Gasteiger partial charge in [0, 0.05) is 5.02 Å². The average molecular weight is 312 g/mol. The summed E-state index contributed by atoms with van der Waals surface area (Å²) in [6.45, 7) is 0. The molecule has 0 bridgehead atoms. The summed E-state index contributed by atoms with van der Waals surface area (Å²) >= 11 is 5.60. The third-order valence-corrected chi connectivity index (χ3v) is 3.66. The van der Waals surface area contributed by atoms with E-state index in [1.165, 1.54) is 18.2 Å². The molecule has 0 amide bonds. The van der Waals surface area contributed by atoms with Gasteiger partial charge in [0.15, 0.2) is 0 Å². The molecule has 3 nitrogen and oxygen atoms in total. The summed E-state index contributed by atoms with van der Waals surface area (Å²) in [6, 6.07) is 12.6.